The van der Waals surface area contributed by atoms with E-state index in [0.717, 1.165) is 11.1 Å². The maximum atomic E-state index is 13.3. The summed E-state index contributed by atoms with van der Waals surface area (Å²) in [6.07, 6.45) is 0.374. The lowest BCUT2D eigenvalue weighted by molar-refractivity contribution is -0.139. The Hall–Kier alpha value is -3.93. The molecule has 0 radical (unpaired) electrons. The van der Waals surface area contributed by atoms with Gasteiger partial charge < -0.3 is 14.7 Å². The molecule has 1 heterocycles. The Bertz CT molecular complexity index is 1260. The fraction of sp³-hybridized carbons (Fsp3) is 0.241. The van der Waals surface area contributed by atoms with Gasteiger partial charge in [-0.25, -0.2) is 4.39 Å². The minimum absolute atomic E-state index is 0.0413. The number of carbonyl (C=O) groups excluding carboxylic acids is 2. The molecule has 0 aromatic heterocycles. The van der Waals surface area contributed by atoms with Crippen LogP contribution in [0.2, 0.25) is 0 Å². The van der Waals surface area contributed by atoms with Gasteiger partial charge in [-0.1, -0.05) is 54.1 Å². The first-order valence-electron chi connectivity index (χ1n) is 11.6. The molecule has 1 atom stereocenters. The van der Waals surface area contributed by atoms with Crippen molar-refractivity contribution in [2.24, 2.45) is 0 Å². The van der Waals surface area contributed by atoms with Crippen molar-refractivity contribution in [3.8, 4) is 5.75 Å². The molecule has 5 nitrogen and oxygen atoms in total. The van der Waals surface area contributed by atoms with Crippen molar-refractivity contribution in [3.63, 3.8) is 0 Å². The molecule has 4 rings (SSSR count). The van der Waals surface area contributed by atoms with Gasteiger partial charge in [-0.15, -0.1) is 0 Å². The summed E-state index contributed by atoms with van der Waals surface area (Å²) < 4.78 is 19.2. The number of benzene rings is 3. The van der Waals surface area contributed by atoms with Gasteiger partial charge in [0.15, 0.2) is 0 Å². The Morgan fingerprint density at radius 2 is 1.71 bits per heavy atom. The average molecular weight is 474 g/mol. The summed E-state index contributed by atoms with van der Waals surface area (Å²) >= 11 is 0. The highest BCUT2D eigenvalue weighted by atomic mass is 19.1. The van der Waals surface area contributed by atoms with Crippen LogP contribution in [0.25, 0.3) is 5.76 Å². The van der Waals surface area contributed by atoms with E-state index in [9.17, 15) is 19.1 Å². The highest BCUT2D eigenvalue weighted by Gasteiger charge is 2.46. The number of amides is 1. The molecule has 6 heteroatoms. The first-order valence-corrected chi connectivity index (χ1v) is 11.6. The van der Waals surface area contributed by atoms with Crippen molar-refractivity contribution >= 4 is 17.4 Å². The van der Waals surface area contributed by atoms with E-state index in [1.165, 1.54) is 17.0 Å². The van der Waals surface area contributed by atoms with E-state index in [0.29, 0.717) is 23.3 Å². The van der Waals surface area contributed by atoms with Crippen molar-refractivity contribution in [2.75, 3.05) is 6.54 Å². The highest BCUT2D eigenvalue weighted by Crippen LogP contribution is 2.40. The Kier molecular flexibility index (Phi) is 7.01. The quantitative estimate of drug-likeness (QED) is 0.276. The number of rotatable bonds is 7. The van der Waals surface area contributed by atoms with E-state index in [1.54, 1.807) is 36.4 Å². The second-order valence-corrected chi connectivity index (χ2v) is 8.97. The summed E-state index contributed by atoms with van der Waals surface area (Å²) in [5.41, 5.74) is 3.01. The number of likely N-dealkylation sites (tertiary alicyclic amines) is 1. The highest BCUT2D eigenvalue weighted by molar-refractivity contribution is 6.46. The minimum atomic E-state index is -0.785. The lowest BCUT2D eigenvalue weighted by Gasteiger charge is -2.26. The molecule has 0 aliphatic carbocycles. The second-order valence-electron chi connectivity index (χ2n) is 8.97. The van der Waals surface area contributed by atoms with E-state index in [4.69, 9.17) is 4.74 Å². The smallest absolute Gasteiger partial charge is 0.295 e. The van der Waals surface area contributed by atoms with Gasteiger partial charge in [0.25, 0.3) is 11.7 Å². The molecule has 0 bridgehead atoms. The van der Waals surface area contributed by atoms with Crippen LogP contribution in [0.15, 0.2) is 78.4 Å². The number of aliphatic hydroxyl groups excluding tert-OH is 1. The van der Waals surface area contributed by atoms with Crippen LogP contribution in [-0.4, -0.2) is 34.3 Å². The fourth-order valence-corrected chi connectivity index (χ4v) is 4.25. The molecule has 180 valence electrons. The number of aliphatic hydroxyl groups is 1. The molecular weight excluding hydrogens is 445 g/mol. The molecular formula is C29H28FNO4. The van der Waals surface area contributed by atoms with Crippen molar-refractivity contribution in [1.82, 2.24) is 4.90 Å². The summed E-state index contributed by atoms with van der Waals surface area (Å²) in [5.74, 6) is -1.36. The predicted molar refractivity (Wildman–Crippen MR) is 132 cm³/mol. The molecule has 1 fully saturated rings. The van der Waals surface area contributed by atoms with Gasteiger partial charge >= 0.3 is 0 Å². The largest absolute Gasteiger partial charge is 0.507 e. The number of nitrogens with zero attached hydrogens (tertiary/aromatic N) is 1. The van der Waals surface area contributed by atoms with Crippen LogP contribution >= 0.6 is 0 Å². The maximum Gasteiger partial charge on any atom is 0.295 e. The third-order valence-corrected chi connectivity index (χ3v) is 5.97. The molecule has 1 N–H and O–H groups in total. The molecule has 1 saturated heterocycles. The fourth-order valence-electron chi connectivity index (χ4n) is 4.25. The van der Waals surface area contributed by atoms with Crippen molar-refractivity contribution in [3.05, 3.63) is 106 Å². The third-order valence-electron chi connectivity index (χ3n) is 5.97. The minimum Gasteiger partial charge on any atom is -0.507 e. The van der Waals surface area contributed by atoms with Gasteiger partial charge in [-0.3, -0.25) is 9.59 Å². The second kappa shape index (κ2) is 10.1. The Morgan fingerprint density at radius 3 is 2.37 bits per heavy atom. The topological polar surface area (TPSA) is 66.8 Å². The molecule has 1 amide bonds. The van der Waals surface area contributed by atoms with Crippen molar-refractivity contribution < 1.29 is 23.8 Å². The van der Waals surface area contributed by atoms with Crippen LogP contribution in [0, 0.1) is 12.7 Å². The van der Waals surface area contributed by atoms with Crippen LogP contribution in [0.3, 0.4) is 0 Å². The predicted octanol–water partition coefficient (Wildman–Crippen LogP) is 5.59. The summed E-state index contributed by atoms with van der Waals surface area (Å²) in [7, 11) is 0. The molecule has 1 aliphatic heterocycles. The standard InChI is InChI=1S/C29H28FNO4/c1-18(2)35-24-6-4-5-22(17-24)26-25(27(32)21-11-7-19(3)8-12-21)28(33)29(34)31(26)16-15-20-9-13-23(30)14-10-20/h4-14,17-18,26,32H,15-16H2,1-3H3/b27-25-. The van der Waals surface area contributed by atoms with Crippen molar-refractivity contribution in [2.45, 2.75) is 39.3 Å². The number of aryl methyl sites for hydroxylation is 1. The van der Waals surface area contributed by atoms with Crippen LogP contribution in [-0.2, 0) is 16.0 Å². The van der Waals surface area contributed by atoms with E-state index < -0.39 is 17.7 Å². The lowest BCUT2D eigenvalue weighted by Crippen LogP contribution is -2.31. The summed E-state index contributed by atoms with van der Waals surface area (Å²) in [4.78, 5) is 27.8. The van der Waals surface area contributed by atoms with Gasteiger partial charge in [0.05, 0.1) is 17.7 Å². The monoisotopic (exact) mass is 473 g/mol. The number of halogens is 1. The molecule has 1 unspecified atom stereocenters. The SMILES string of the molecule is Cc1ccc(/C(O)=C2/C(=O)C(=O)N(CCc3ccc(F)cc3)C2c2cccc(OC(C)C)c2)cc1. The molecule has 3 aromatic carbocycles. The van der Waals surface area contributed by atoms with Gasteiger partial charge in [0.2, 0.25) is 0 Å². The molecule has 35 heavy (non-hydrogen) atoms. The first-order chi connectivity index (χ1) is 16.7. The van der Waals surface area contributed by atoms with Gasteiger partial charge in [0, 0.05) is 12.1 Å². The summed E-state index contributed by atoms with van der Waals surface area (Å²) in [6, 6.07) is 19.6. The normalized spacial score (nSPS) is 17.3. The number of hydrogen-bond acceptors (Lipinski definition) is 4. The number of carbonyl (C=O) groups is 2. The number of hydrogen-bond donors (Lipinski definition) is 1. The van der Waals surface area contributed by atoms with E-state index in [1.807, 2.05) is 45.0 Å². The van der Waals surface area contributed by atoms with Crippen LogP contribution in [0.4, 0.5) is 4.39 Å². The zero-order chi connectivity index (χ0) is 25.1. The number of ether oxygens (including phenoxy) is 1. The van der Waals surface area contributed by atoms with Crippen LogP contribution < -0.4 is 4.74 Å². The van der Waals surface area contributed by atoms with Gasteiger partial charge in [-0.2, -0.15) is 0 Å². The van der Waals surface area contributed by atoms with Crippen molar-refractivity contribution in [1.29, 1.82) is 0 Å². The third kappa shape index (κ3) is 5.27. The Labute approximate surface area is 204 Å². The number of Topliss-reactive ketones (excluding diaryl/α,β-unsaturated/α-hetero) is 1. The Morgan fingerprint density at radius 1 is 1.03 bits per heavy atom. The summed E-state index contributed by atoms with van der Waals surface area (Å²) in [6.45, 7) is 5.98. The van der Waals surface area contributed by atoms with E-state index in [-0.39, 0.29) is 29.8 Å². The summed E-state index contributed by atoms with van der Waals surface area (Å²) in [5, 5.41) is 11.2. The first kappa shape index (κ1) is 24.2. The molecule has 0 spiro atoms. The molecule has 3 aromatic rings. The Balaban J connectivity index is 1.78. The average Bonchev–Trinajstić information content (AvgIpc) is 3.08. The van der Waals surface area contributed by atoms with Crippen LogP contribution in [0.1, 0.15) is 42.1 Å². The van der Waals surface area contributed by atoms with Gasteiger partial charge in [-0.05, 0) is 62.6 Å². The molecule has 0 saturated carbocycles. The zero-order valence-corrected chi connectivity index (χ0v) is 20.0. The van der Waals surface area contributed by atoms with Gasteiger partial charge in [0.1, 0.15) is 17.3 Å². The maximum absolute atomic E-state index is 13.3. The zero-order valence-electron chi connectivity index (χ0n) is 20.0. The van der Waals surface area contributed by atoms with E-state index >= 15 is 0 Å². The lowest BCUT2D eigenvalue weighted by atomic mass is 9.94. The van der Waals surface area contributed by atoms with Crippen LogP contribution in [0.5, 0.6) is 5.75 Å². The van der Waals surface area contributed by atoms with E-state index in [2.05, 4.69) is 0 Å². The molecule has 1 aliphatic rings. The number of ketones is 1.